The summed E-state index contributed by atoms with van der Waals surface area (Å²) >= 11 is 12.5. The standard InChI is InChI=1S/C24H30Cl2F3N3O/c1-23(2,3)15-31(13-12-17-19(25)10-7-11-20(17)26)22(33)18-14-30-32(21(18)24(27,28)29)16-8-5-4-6-9-16/h7,10-11,14,16H,4-6,8-9,12-13,15H2,1-3H3. The molecule has 1 aromatic heterocycles. The van der Waals surface area contributed by atoms with Crippen LogP contribution in [-0.2, 0) is 12.6 Å². The predicted molar refractivity (Wildman–Crippen MR) is 125 cm³/mol. The van der Waals surface area contributed by atoms with Gasteiger partial charge in [0.25, 0.3) is 5.91 Å². The van der Waals surface area contributed by atoms with Crippen molar-refractivity contribution in [2.45, 2.75) is 71.5 Å². The molecule has 0 spiro atoms. The van der Waals surface area contributed by atoms with Crippen LogP contribution in [-0.4, -0.2) is 33.7 Å². The van der Waals surface area contributed by atoms with Gasteiger partial charge in [-0.3, -0.25) is 9.48 Å². The Hall–Kier alpha value is -1.73. The maximum atomic E-state index is 14.1. The van der Waals surface area contributed by atoms with E-state index < -0.39 is 23.3 Å². The van der Waals surface area contributed by atoms with Gasteiger partial charge in [0.2, 0.25) is 0 Å². The topological polar surface area (TPSA) is 38.1 Å². The number of carbonyl (C=O) groups is 1. The Morgan fingerprint density at radius 2 is 1.73 bits per heavy atom. The zero-order chi connectivity index (χ0) is 24.4. The second-order valence-corrected chi connectivity index (χ2v) is 10.7. The minimum absolute atomic E-state index is 0.186. The van der Waals surface area contributed by atoms with E-state index in [4.69, 9.17) is 23.2 Å². The molecule has 182 valence electrons. The van der Waals surface area contributed by atoms with Crippen molar-refractivity contribution in [3.8, 4) is 0 Å². The van der Waals surface area contributed by atoms with E-state index in [1.54, 1.807) is 18.2 Å². The molecular formula is C24H30Cl2F3N3O. The van der Waals surface area contributed by atoms with E-state index in [9.17, 15) is 18.0 Å². The van der Waals surface area contributed by atoms with E-state index >= 15 is 0 Å². The summed E-state index contributed by atoms with van der Waals surface area (Å²) in [5.41, 5.74) is -1.00. The third-order valence-corrected chi connectivity index (χ3v) is 6.57. The fourth-order valence-corrected chi connectivity index (χ4v) is 5.00. The first-order valence-electron chi connectivity index (χ1n) is 11.3. The first-order chi connectivity index (χ1) is 15.4. The van der Waals surface area contributed by atoms with E-state index in [0.717, 1.165) is 30.1 Å². The molecule has 0 unspecified atom stereocenters. The molecular weight excluding hydrogens is 474 g/mol. The van der Waals surface area contributed by atoms with Crippen molar-refractivity contribution >= 4 is 29.1 Å². The van der Waals surface area contributed by atoms with Crippen LogP contribution in [0.3, 0.4) is 0 Å². The first kappa shape index (κ1) is 25.9. The SMILES string of the molecule is CC(C)(C)CN(CCc1c(Cl)cccc1Cl)C(=O)c1cnn(C2CCCCC2)c1C(F)(F)F. The number of benzene rings is 1. The molecule has 0 atom stereocenters. The molecule has 33 heavy (non-hydrogen) atoms. The number of alkyl halides is 3. The molecule has 0 saturated heterocycles. The number of halogens is 5. The molecule has 9 heteroatoms. The zero-order valence-corrected chi connectivity index (χ0v) is 20.7. The molecule has 0 bridgehead atoms. The van der Waals surface area contributed by atoms with Crippen LogP contribution in [0.1, 0.15) is 80.5 Å². The molecule has 1 aliphatic rings. The number of rotatable bonds is 6. The first-order valence-corrected chi connectivity index (χ1v) is 12.0. The van der Waals surface area contributed by atoms with Gasteiger partial charge in [-0.25, -0.2) is 0 Å². The van der Waals surface area contributed by atoms with Crippen molar-refractivity contribution in [2.75, 3.05) is 13.1 Å². The summed E-state index contributed by atoms with van der Waals surface area (Å²) in [5, 5.41) is 4.99. The summed E-state index contributed by atoms with van der Waals surface area (Å²) in [6.45, 7) is 6.27. The van der Waals surface area contributed by atoms with Crippen LogP contribution in [0.2, 0.25) is 10.0 Å². The number of aromatic nitrogens is 2. The van der Waals surface area contributed by atoms with Crippen LogP contribution in [0.15, 0.2) is 24.4 Å². The average Bonchev–Trinajstić information content (AvgIpc) is 3.17. The predicted octanol–water partition coefficient (Wildman–Crippen LogP) is 7.44. The highest BCUT2D eigenvalue weighted by Crippen LogP contribution is 2.38. The number of carbonyl (C=O) groups excluding carboxylic acids is 1. The molecule has 3 rings (SSSR count). The maximum absolute atomic E-state index is 14.1. The lowest BCUT2D eigenvalue weighted by molar-refractivity contribution is -0.145. The van der Waals surface area contributed by atoms with Gasteiger partial charge in [-0.05, 0) is 42.4 Å². The Kier molecular flexibility index (Phi) is 8.05. The second-order valence-electron chi connectivity index (χ2n) is 9.88. The van der Waals surface area contributed by atoms with Crippen molar-refractivity contribution in [1.82, 2.24) is 14.7 Å². The molecule has 1 aromatic carbocycles. The minimum atomic E-state index is -4.68. The monoisotopic (exact) mass is 503 g/mol. The van der Waals surface area contributed by atoms with Crippen LogP contribution in [0.4, 0.5) is 13.2 Å². The van der Waals surface area contributed by atoms with Gasteiger partial charge in [0.1, 0.15) is 0 Å². The van der Waals surface area contributed by atoms with Crippen LogP contribution in [0, 0.1) is 5.41 Å². The molecule has 4 nitrogen and oxygen atoms in total. The van der Waals surface area contributed by atoms with Gasteiger partial charge < -0.3 is 4.90 Å². The molecule has 0 N–H and O–H groups in total. The smallest absolute Gasteiger partial charge is 0.338 e. The number of hydrogen-bond donors (Lipinski definition) is 0. The average molecular weight is 504 g/mol. The molecule has 1 aliphatic carbocycles. The minimum Gasteiger partial charge on any atom is -0.338 e. The highest BCUT2D eigenvalue weighted by atomic mass is 35.5. The van der Waals surface area contributed by atoms with Crippen molar-refractivity contribution in [3.63, 3.8) is 0 Å². The summed E-state index contributed by atoms with van der Waals surface area (Å²) in [7, 11) is 0. The van der Waals surface area contributed by atoms with E-state index in [0.29, 0.717) is 34.9 Å². The van der Waals surface area contributed by atoms with Gasteiger partial charge in [0, 0.05) is 23.1 Å². The van der Waals surface area contributed by atoms with Gasteiger partial charge in [-0.15, -0.1) is 0 Å². The Morgan fingerprint density at radius 3 is 2.27 bits per heavy atom. The number of amides is 1. The molecule has 1 fully saturated rings. The van der Waals surface area contributed by atoms with Crippen LogP contribution < -0.4 is 0 Å². The van der Waals surface area contributed by atoms with Crippen molar-refractivity contribution in [1.29, 1.82) is 0 Å². The number of hydrogen-bond acceptors (Lipinski definition) is 2. The van der Waals surface area contributed by atoms with Crippen LogP contribution >= 0.6 is 23.2 Å². The normalized spacial score (nSPS) is 15.6. The third-order valence-electron chi connectivity index (χ3n) is 5.86. The van der Waals surface area contributed by atoms with E-state index in [1.807, 2.05) is 20.8 Å². The zero-order valence-electron chi connectivity index (χ0n) is 19.2. The van der Waals surface area contributed by atoms with Gasteiger partial charge >= 0.3 is 6.18 Å². The summed E-state index contributed by atoms with van der Waals surface area (Å²) in [6, 6.07) is 4.79. The van der Waals surface area contributed by atoms with E-state index in [-0.39, 0.29) is 24.5 Å². The molecule has 2 aromatic rings. The van der Waals surface area contributed by atoms with Gasteiger partial charge in [0.05, 0.1) is 17.8 Å². The fourth-order valence-electron chi connectivity index (χ4n) is 4.42. The summed E-state index contributed by atoms with van der Waals surface area (Å²) in [4.78, 5) is 14.9. The second kappa shape index (κ2) is 10.3. The van der Waals surface area contributed by atoms with Crippen LogP contribution in [0.5, 0.6) is 0 Å². The quantitative estimate of drug-likeness (QED) is 0.410. The van der Waals surface area contributed by atoms with E-state index in [1.165, 1.54) is 4.90 Å². The lowest BCUT2D eigenvalue weighted by atomic mass is 9.94. The summed E-state index contributed by atoms with van der Waals surface area (Å²) < 4.78 is 43.5. The van der Waals surface area contributed by atoms with Gasteiger partial charge in [-0.2, -0.15) is 18.3 Å². The lowest BCUT2D eigenvalue weighted by Gasteiger charge is -2.31. The number of nitrogens with zero attached hydrogens (tertiary/aromatic N) is 3. The molecule has 1 saturated carbocycles. The lowest BCUT2D eigenvalue weighted by Crippen LogP contribution is -2.40. The third kappa shape index (κ3) is 6.44. The Bertz CT molecular complexity index is 956. The fraction of sp³-hybridized carbons (Fsp3) is 0.583. The van der Waals surface area contributed by atoms with Crippen molar-refractivity contribution < 1.29 is 18.0 Å². The molecule has 1 amide bonds. The molecule has 0 radical (unpaired) electrons. The van der Waals surface area contributed by atoms with E-state index in [2.05, 4.69) is 5.10 Å². The molecule has 1 heterocycles. The Labute approximate surface area is 203 Å². The van der Waals surface area contributed by atoms with Crippen molar-refractivity contribution in [2.24, 2.45) is 5.41 Å². The maximum Gasteiger partial charge on any atom is 0.433 e. The van der Waals surface area contributed by atoms with Crippen molar-refractivity contribution in [3.05, 3.63) is 51.3 Å². The Morgan fingerprint density at radius 1 is 1.12 bits per heavy atom. The largest absolute Gasteiger partial charge is 0.433 e. The highest BCUT2D eigenvalue weighted by molar-refractivity contribution is 6.36. The van der Waals surface area contributed by atoms with Crippen LogP contribution in [0.25, 0.3) is 0 Å². The van der Waals surface area contributed by atoms with Gasteiger partial charge in [-0.1, -0.05) is 69.3 Å². The van der Waals surface area contributed by atoms with Gasteiger partial charge in [0.15, 0.2) is 5.69 Å². The summed E-state index contributed by atoms with van der Waals surface area (Å²) in [6.07, 6.45) is 0.730. The highest BCUT2D eigenvalue weighted by Gasteiger charge is 2.42. The summed E-state index contributed by atoms with van der Waals surface area (Å²) in [5.74, 6) is -0.678. The Balaban J connectivity index is 1.94. The molecule has 0 aliphatic heterocycles.